The van der Waals surface area contributed by atoms with Gasteiger partial charge in [0.25, 0.3) is 0 Å². The number of hydrogen-bond acceptors (Lipinski definition) is 3. The van der Waals surface area contributed by atoms with Crippen LogP contribution in [0.5, 0.6) is 0 Å². The van der Waals surface area contributed by atoms with Crippen LogP contribution in [0, 0.1) is 0 Å². The summed E-state index contributed by atoms with van der Waals surface area (Å²) in [4.78, 5) is 2.24. The number of rotatable bonds is 2. The summed E-state index contributed by atoms with van der Waals surface area (Å²) in [5.74, 6) is 0. The standard InChI is InChI=1S/C14H19NO2/c1-15(2)14(11-6-4-3-5-7-11)9-8-12-10-16-13(14)17-12/h3-7,12-13H,8-10H2,1-2H3/t12-,13+,14-/m0/s1. The Morgan fingerprint density at radius 2 is 2.00 bits per heavy atom. The highest BCUT2D eigenvalue weighted by Crippen LogP contribution is 2.44. The second kappa shape index (κ2) is 4.09. The molecule has 2 aliphatic rings. The first kappa shape index (κ1) is 11.2. The van der Waals surface area contributed by atoms with Crippen LogP contribution >= 0.6 is 0 Å². The largest absolute Gasteiger partial charge is 0.348 e. The Kier molecular flexibility index (Phi) is 2.69. The highest BCUT2D eigenvalue weighted by atomic mass is 16.7. The molecule has 17 heavy (non-hydrogen) atoms. The van der Waals surface area contributed by atoms with E-state index < -0.39 is 0 Å². The Morgan fingerprint density at radius 1 is 1.24 bits per heavy atom. The van der Waals surface area contributed by atoms with Gasteiger partial charge in [0, 0.05) is 0 Å². The first-order chi connectivity index (χ1) is 8.23. The summed E-state index contributed by atoms with van der Waals surface area (Å²) in [5.41, 5.74) is 1.16. The van der Waals surface area contributed by atoms with Crippen LogP contribution < -0.4 is 0 Å². The fourth-order valence-electron chi connectivity index (χ4n) is 3.05. The summed E-state index contributed by atoms with van der Waals surface area (Å²) >= 11 is 0. The van der Waals surface area contributed by atoms with Gasteiger partial charge in [-0.05, 0) is 32.5 Å². The number of ether oxygens (including phenoxy) is 2. The van der Waals surface area contributed by atoms with Crippen LogP contribution in [0.2, 0.25) is 0 Å². The minimum Gasteiger partial charge on any atom is -0.348 e. The molecule has 3 rings (SSSR count). The fraction of sp³-hybridized carbons (Fsp3) is 0.571. The van der Waals surface area contributed by atoms with Crippen molar-refractivity contribution in [2.45, 2.75) is 30.8 Å². The molecule has 3 nitrogen and oxygen atoms in total. The van der Waals surface area contributed by atoms with E-state index in [0.29, 0.717) is 6.10 Å². The van der Waals surface area contributed by atoms with Crippen LogP contribution in [0.3, 0.4) is 0 Å². The van der Waals surface area contributed by atoms with Crippen LogP contribution in [0.15, 0.2) is 30.3 Å². The lowest BCUT2D eigenvalue weighted by molar-refractivity contribution is -0.179. The molecule has 2 aliphatic heterocycles. The predicted octanol–water partition coefficient (Wildman–Crippen LogP) is 1.98. The summed E-state index contributed by atoms with van der Waals surface area (Å²) in [6.07, 6.45) is 2.35. The lowest BCUT2D eigenvalue weighted by atomic mass is 9.81. The molecule has 3 heteroatoms. The van der Waals surface area contributed by atoms with E-state index in [2.05, 4.69) is 49.3 Å². The topological polar surface area (TPSA) is 21.7 Å². The maximum Gasteiger partial charge on any atom is 0.180 e. The van der Waals surface area contributed by atoms with E-state index in [1.807, 2.05) is 0 Å². The number of hydrogen-bond donors (Lipinski definition) is 0. The van der Waals surface area contributed by atoms with E-state index in [1.54, 1.807) is 0 Å². The van der Waals surface area contributed by atoms with Crippen molar-refractivity contribution in [1.29, 1.82) is 0 Å². The Balaban J connectivity index is 2.04. The summed E-state index contributed by atoms with van der Waals surface area (Å²) in [6.45, 7) is 0.743. The van der Waals surface area contributed by atoms with Gasteiger partial charge in [0.05, 0.1) is 18.2 Å². The second-order valence-electron chi connectivity index (χ2n) is 5.15. The van der Waals surface area contributed by atoms with E-state index in [4.69, 9.17) is 9.47 Å². The molecule has 0 aromatic heterocycles. The van der Waals surface area contributed by atoms with E-state index in [1.165, 1.54) is 5.56 Å². The van der Waals surface area contributed by atoms with Crippen molar-refractivity contribution in [3.63, 3.8) is 0 Å². The summed E-state index contributed by atoms with van der Waals surface area (Å²) in [6, 6.07) is 10.6. The molecule has 0 spiro atoms. The molecule has 2 fully saturated rings. The lowest BCUT2D eigenvalue weighted by Crippen LogP contribution is -2.53. The average molecular weight is 233 g/mol. The van der Waals surface area contributed by atoms with Gasteiger partial charge in [0.15, 0.2) is 6.29 Å². The minimum absolute atomic E-state index is 0.126. The maximum absolute atomic E-state index is 5.97. The Labute approximate surface area is 102 Å². The van der Waals surface area contributed by atoms with Crippen molar-refractivity contribution >= 4 is 0 Å². The van der Waals surface area contributed by atoms with Gasteiger partial charge in [0.2, 0.25) is 0 Å². The molecule has 0 amide bonds. The zero-order valence-corrected chi connectivity index (χ0v) is 10.4. The molecule has 2 heterocycles. The molecular formula is C14H19NO2. The van der Waals surface area contributed by atoms with E-state index in [9.17, 15) is 0 Å². The molecule has 0 saturated carbocycles. The molecule has 3 atom stereocenters. The Bertz CT molecular complexity index is 392. The normalized spacial score (nSPS) is 36.4. The molecule has 0 N–H and O–H groups in total. The van der Waals surface area contributed by atoms with Crippen LogP contribution in [-0.4, -0.2) is 38.0 Å². The summed E-state index contributed by atoms with van der Waals surface area (Å²) in [7, 11) is 4.22. The van der Waals surface area contributed by atoms with Gasteiger partial charge >= 0.3 is 0 Å². The maximum atomic E-state index is 5.97. The Morgan fingerprint density at radius 3 is 2.71 bits per heavy atom. The van der Waals surface area contributed by atoms with E-state index >= 15 is 0 Å². The molecule has 2 saturated heterocycles. The van der Waals surface area contributed by atoms with Crippen LogP contribution in [-0.2, 0) is 15.0 Å². The molecule has 92 valence electrons. The van der Waals surface area contributed by atoms with Gasteiger partial charge in [-0.2, -0.15) is 0 Å². The Hall–Kier alpha value is -0.900. The lowest BCUT2D eigenvalue weighted by Gasteiger charge is -2.46. The van der Waals surface area contributed by atoms with Crippen molar-refractivity contribution in [2.24, 2.45) is 0 Å². The van der Waals surface area contributed by atoms with Gasteiger partial charge in [-0.25, -0.2) is 0 Å². The third kappa shape index (κ3) is 1.61. The monoisotopic (exact) mass is 233 g/mol. The van der Waals surface area contributed by atoms with E-state index in [-0.39, 0.29) is 11.8 Å². The van der Waals surface area contributed by atoms with Crippen molar-refractivity contribution in [2.75, 3.05) is 20.7 Å². The molecule has 2 bridgehead atoms. The zero-order chi connectivity index (χ0) is 11.9. The van der Waals surface area contributed by atoms with Gasteiger partial charge < -0.3 is 9.47 Å². The fourth-order valence-corrected chi connectivity index (χ4v) is 3.05. The van der Waals surface area contributed by atoms with Crippen molar-refractivity contribution in [1.82, 2.24) is 4.90 Å². The van der Waals surface area contributed by atoms with Gasteiger partial charge in [-0.3, -0.25) is 4.90 Å². The first-order valence-corrected chi connectivity index (χ1v) is 6.23. The second-order valence-corrected chi connectivity index (χ2v) is 5.15. The molecule has 1 aromatic carbocycles. The van der Waals surface area contributed by atoms with Gasteiger partial charge in [0.1, 0.15) is 0 Å². The molecule has 1 aromatic rings. The highest BCUT2D eigenvalue weighted by Gasteiger charge is 2.51. The third-order valence-corrected chi connectivity index (χ3v) is 4.06. The zero-order valence-electron chi connectivity index (χ0n) is 10.4. The highest BCUT2D eigenvalue weighted by molar-refractivity contribution is 5.27. The predicted molar refractivity (Wildman–Crippen MR) is 65.7 cm³/mol. The molecular weight excluding hydrogens is 214 g/mol. The number of benzene rings is 1. The van der Waals surface area contributed by atoms with Crippen LogP contribution in [0.4, 0.5) is 0 Å². The van der Waals surface area contributed by atoms with Gasteiger partial charge in [-0.1, -0.05) is 30.3 Å². The first-order valence-electron chi connectivity index (χ1n) is 6.23. The van der Waals surface area contributed by atoms with Crippen molar-refractivity contribution in [3.8, 4) is 0 Å². The van der Waals surface area contributed by atoms with Crippen LogP contribution in [0.25, 0.3) is 0 Å². The SMILES string of the molecule is CN(C)[C@]1(c2ccccc2)CC[C@H]2CO[C@@H]1O2. The number of likely N-dealkylation sites (N-methyl/N-ethyl adjacent to an activating group) is 1. The van der Waals surface area contributed by atoms with Gasteiger partial charge in [-0.15, -0.1) is 0 Å². The molecule has 0 radical (unpaired) electrons. The quantitative estimate of drug-likeness (QED) is 0.779. The average Bonchev–Trinajstić information content (AvgIpc) is 2.74. The van der Waals surface area contributed by atoms with E-state index in [0.717, 1.165) is 19.4 Å². The van der Waals surface area contributed by atoms with Crippen molar-refractivity contribution in [3.05, 3.63) is 35.9 Å². The molecule has 0 unspecified atom stereocenters. The minimum atomic E-state index is -0.131. The van der Waals surface area contributed by atoms with Crippen LogP contribution in [0.1, 0.15) is 18.4 Å². The summed E-state index contributed by atoms with van der Waals surface area (Å²) in [5, 5.41) is 0. The smallest absolute Gasteiger partial charge is 0.180 e. The molecule has 0 aliphatic carbocycles. The summed E-state index contributed by atoms with van der Waals surface area (Å²) < 4.78 is 11.8. The number of fused-ring (bicyclic) bond motifs is 2. The third-order valence-electron chi connectivity index (χ3n) is 4.06. The van der Waals surface area contributed by atoms with Crippen molar-refractivity contribution < 1.29 is 9.47 Å². The number of nitrogens with zero attached hydrogens (tertiary/aromatic N) is 1.